The molecule has 4 rings (SSSR count). The number of fused-ring (bicyclic) bond motifs is 1. The van der Waals surface area contributed by atoms with Crippen LogP contribution in [0.25, 0.3) is 10.8 Å². The summed E-state index contributed by atoms with van der Waals surface area (Å²) in [7, 11) is 0. The van der Waals surface area contributed by atoms with Crippen LogP contribution in [-0.2, 0) is 0 Å². The van der Waals surface area contributed by atoms with Crippen molar-refractivity contribution in [2.75, 3.05) is 5.32 Å². The van der Waals surface area contributed by atoms with Gasteiger partial charge in [0.1, 0.15) is 0 Å². The van der Waals surface area contributed by atoms with E-state index in [0.29, 0.717) is 17.5 Å². The quantitative estimate of drug-likeness (QED) is 0.517. The van der Waals surface area contributed by atoms with E-state index < -0.39 is 11.9 Å². The van der Waals surface area contributed by atoms with Gasteiger partial charge in [0.25, 0.3) is 5.91 Å². The summed E-state index contributed by atoms with van der Waals surface area (Å²) in [4.78, 5) is 37.3. The molecule has 2 aromatic carbocycles. The molecule has 4 unspecified atom stereocenters. The Labute approximate surface area is 187 Å². The van der Waals surface area contributed by atoms with Crippen LogP contribution in [0.4, 0.5) is 5.69 Å². The molecule has 2 saturated carbocycles. The molecule has 170 valence electrons. The van der Waals surface area contributed by atoms with E-state index in [2.05, 4.69) is 24.5 Å². The van der Waals surface area contributed by atoms with Crippen molar-refractivity contribution >= 4 is 34.3 Å². The number of carbonyl (C=O) groups is 3. The SMILES string of the molecule is CC1CCC(NC(=O)c2ccc(C(=O)O)c3c(NC4CCC(C)C4)ccc(C(=O)O)c23)C1. The second kappa shape index (κ2) is 8.81. The molecule has 0 saturated heterocycles. The zero-order valence-corrected chi connectivity index (χ0v) is 18.5. The molecule has 4 N–H and O–H groups in total. The van der Waals surface area contributed by atoms with E-state index in [1.54, 1.807) is 6.07 Å². The molecule has 1 amide bonds. The fourth-order valence-electron chi connectivity index (χ4n) is 5.32. The topological polar surface area (TPSA) is 116 Å². The first-order valence-corrected chi connectivity index (χ1v) is 11.4. The van der Waals surface area contributed by atoms with Crippen LogP contribution >= 0.6 is 0 Å². The molecule has 2 aliphatic carbocycles. The summed E-state index contributed by atoms with van der Waals surface area (Å²) < 4.78 is 0. The van der Waals surface area contributed by atoms with E-state index >= 15 is 0 Å². The first kappa shape index (κ1) is 22.1. The monoisotopic (exact) mass is 438 g/mol. The lowest BCUT2D eigenvalue weighted by molar-refractivity contribution is 0.0686. The first-order chi connectivity index (χ1) is 15.2. The zero-order chi connectivity index (χ0) is 23.0. The Morgan fingerprint density at radius 1 is 0.750 bits per heavy atom. The summed E-state index contributed by atoms with van der Waals surface area (Å²) in [6.45, 7) is 4.33. The van der Waals surface area contributed by atoms with Crippen LogP contribution in [0.5, 0.6) is 0 Å². The van der Waals surface area contributed by atoms with Crippen LogP contribution in [0.3, 0.4) is 0 Å². The minimum Gasteiger partial charge on any atom is -0.478 e. The predicted octanol–water partition coefficient (Wildman–Crippen LogP) is 4.76. The number of hydrogen-bond donors (Lipinski definition) is 4. The molecule has 7 nitrogen and oxygen atoms in total. The third kappa shape index (κ3) is 4.29. The maximum Gasteiger partial charge on any atom is 0.336 e. The highest BCUT2D eigenvalue weighted by atomic mass is 16.4. The standard InChI is InChI=1S/C25H30N2O5/c1-13-3-5-15(11-13)26-20-10-9-18(24(29)30)21-17(7-8-19(22(20)21)25(31)32)23(28)27-16-6-4-14(2)12-16/h7-10,13-16,26H,3-6,11-12H2,1-2H3,(H,27,28)(H,29,30)(H,31,32). The van der Waals surface area contributed by atoms with Gasteiger partial charge in [-0.05, 0) is 74.6 Å². The van der Waals surface area contributed by atoms with E-state index in [4.69, 9.17) is 0 Å². The van der Waals surface area contributed by atoms with Crippen LogP contribution in [-0.4, -0.2) is 40.1 Å². The molecule has 2 aliphatic rings. The summed E-state index contributed by atoms with van der Waals surface area (Å²) in [6, 6.07) is 6.16. The Balaban J connectivity index is 1.84. The number of carboxylic acids is 2. The van der Waals surface area contributed by atoms with Crippen molar-refractivity contribution < 1.29 is 24.6 Å². The van der Waals surface area contributed by atoms with Crippen molar-refractivity contribution in [2.24, 2.45) is 11.8 Å². The van der Waals surface area contributed by atoms with Crippen LogP contribution in [0.1, 0.15) is 83.4 Å². The Morgan fingerprint density at radius 2 is 1.28 bits per heavy atom. The normalized spacial score (nSPS) is 25.1. The van der Waals surface area contributed by atoms with E-state index in [1.807, 2.05) is 0 Å². The number of amides is 1. The molecule has 7 heteroatoms. The van der Waals surface area contributed by atoms with E-state index in [1.165, 1.54) is 18.2 Å². The summed E-state index contributed by atoms with van der Waals surface area (Å²) in [5.41, 5.74) is 0.678. The lowest BCUT2D eigenvalue weighted by Crippen LogP contribution is -2.33. The van der Waals surface area contributed by atoms with Crippen molar-refractivity contribution in [3.63, 3.8) is 0 Å². The molecule has 32 heavy (non-hydrogen) atoms. The van der Waals surface area contributed by atoms with E-state index in [9.17, 15) is 24.6 Å². The third-order valence-electron chi connectivity index (χ3n) is 6.95. The smallest absolute Gasteiger partial charge is 0.336 e. The van der Waals surface area contributed by atoms with Gasteiger partial charge in [-0.15, -0.1) is 0 Å². The van der Waals surface area contributed by atoms with Crippen molar-refractivity contribution in [3.05, 3.63) is 41.0 Å². The summed E-state index contributed by atoms with van der Waals surface area (Å²) in [5.74, 6) is -1.60. The molecule has 0 aromatic heterocycles. The highest BCUT2D eigenvalue weighted by Crippen LogP contribution is 2.36. The minimum atomic E-state index is -1.19. The second-order valence-electron chi connectivity index (χ2n) is 9.53. The average Bonchev–Trinajstić information content (AvgIpc) is 3.34. The number of carboxylic acid groups (broad SMARTS) is 2. The summed E-state index contributed by atoms with van der Waals surface area (Å²) >= 11 is 0. The van der Waals surface area contributed by atoms with Gasteiger partial charge in [0.15, 0.2) is 0 Å². The molecular weight excluding hydrogens is 408 g/mol. The van der Waals surface area contributed by atoms with Gasteiger partial charge >= 0.3 is 11.9 Å². The molecule has 4 atom stereocenters. The van der Waals surface area contributed by atoms with Crippen LogP contribution in [0, 0.1) is 11.8 Å². The molecule has 2 fully saturated rings. The number of hydrogen-bond acceptors (Lipinski definition) is 4. The predicted molar refractivity (Wildman–Crippen MR) is 123 cm³/mol. The fourth-order valence-corrected chi connectivity index (χ4v) is 5.32. The van der Waals surface area contributed by atoms with Gasteiger partial charge in [-0.1, -0.05) is 13.8 Å². The van der Waals surface area contributed by atoms with Crippen LogP contribution in [0.2, 0.25) is 0 Å². The van der Waals surface area contributed by atoms with Gasteiger partial charge in [0.2, 0.25) is 0 Å². The van der Waals surface area contributed by atoms with Crippen LogP contribution in [0.15, 0.2) is 24.3 Å². The number of anilines is 1. The van der Waals surface area contributed by atoms with Crippen molar-refractivity contribution in [1.82, 2.24) is 5.32 Å². The van der Waals surface area contributed by atoms with Gasteiger partial charge in [0, 0.05) is 34.1 Å². The Kier molecular flexibility index (Phi) is 6.09. The van der Waals surface area contributed by atoms with Crippen molar-refractivity contribution in [2.45, 2.75) is 64.5 Å². The van der Waals surface area contributed by atoms with Gasteiger partial charge in [-0.2, -0.15) is 0 Å². The minimum absolute atomic E-state index is 0.0114. The molecule has 0 spiro atoms. The Morgan fingerprint density at radius 3 is 1.84 bits per heavy atom. The lowest BCUT2D eigenvalue weighted by Gasteiger charge is -2.20. The number of carbonyl (C=O) groups excluding carboxylic acids is 1. The molecule has 2 aromatic rings. The maximum atomic E-state index is 13.2. The lowest BCUT2D eigenvalue weighted by atomic mass is 9.92. The van der Waals surface area contributed by atoms with Gasteiger partial charge in [-0.25, -0.2) is 9.59 Å². The maximum absolute atomic E-state index is 13.2. The van der Waals surface area contributed by atoms with E-state index in [-0.39, 0.29) is 45.5 Å². The van der Waals surface area contributed by atoms with Gasteiger partial charge < -0.3 is 20.8 Å². The number of nitrogens with one attached hydrogen (secondary N) is 2. The number of rotatable bonds is 6. The largest absolute Gasteiger partial charge is 0.478 e. The average molecular weight is 439 g/mol. The van der Waals surface area contributed by atoms with Crippen molar-refractivity contribution in [1.29, 1.82) is 0 Å². The number of benzene rings is 2. The summed E-state index contributed by atoms with van der Waals surface area (Å²) in [5, 5.41) is 26.6. The first-order valence-electron chi connectivity index (χ1n) is 11.4. The van der Waals surface area contributed by atoms with Gasteiger partial charge in [-0.3, -0.25) is 4.79 Å². The Bertz CT molecular complexity index is 1080. The third-order valence-corrected chi connectivity index (χ3v) is 6.95. The highest BCUT2D eigenvalue weighted by molar-refractivity contribution is 6.21. The number of aromatic carboxylic acids is 2. The molecule has 0 aliphatic heterocycles. The molecule has 0 heterocycles. The molecular formula is C25H30N2O5. The van der Waals surface area contributed by atoms with E-state index in [0.717, 1.165) is 38.5 Å². The molecule has 0 radical (unpaired) electrons. The van der Waals surface area contributed by atoms with Crippen molar-refractivity contribution in [3.8, 4) is 0 Å². The zero-order valence-electron chi connectivity index (χ0n) is 18.5. The highest BCUT2D eigenvalue weighted by Gasteiger charge is 2.28. The van der Waals surface area contributed by atoms with Gasteiger partial charge in [0.05, 0.1) is 11.1 Å². The Hall–Kier alpha value is -3.09. The molecule has 0 bridgehead atoms. The summed E-state index contributed by atoms with van der Waals surface area (Å²) in [6.07, 6.45) is 5.82. The van der Waals surface area contributed by atoms with Crippen LogP contribution < -0.4 is 10.6 Å². The second-order valence-corrected chi connectivity index (χ2v) is 9.53. The fraction of sp³-hybridized carbons (Fsp3) is 0.480.